The predicted octanol–water partition coefficient (Wildman–Crippen LogP) is 8.77. The van der Waals surface area contributed by atoms with Crippen molar-refractivity contribution in [3.63, 3.8) is 0 Å². The Balaban J connectivity index is 0.964. The lowest BCUT2D eigenvalue weighted by Crippen LogP contribution is -2.08. The fraction of sp³-hybridized carbons (Fsp3) is 0.243. The molecule has 0 aliphatic carbocycles. The first kappa shape index (κ1) is 28.3. The van der Waals surface area contributed by atoms with E-state index in [2.05, 4.69) is 92.7 Å². The lowest BCUT2D eigenvalue weighted by Gasteiger charge is -2.19. The molecule has 0 fully saturated rings. The molecule has 0 bridgehead atoms. The summed E-state index contributed by atoms with van der Waals surface area (Å²) in [4.78, 5) is 13.6. The summed E-state index contributed by atoms with van der Waals surface area (Å²) in [5.41, 5.74) is 6.92. The van der Waals surface area contributed by atoms with Crippen molar-refractivity contribution in [3.05, 3.63) is 156 Å². The zero-order valence-electron chi connectivity index (χ0n) is 24.5. The number of ether oxygens (including phenoxy) is 2. The van der Waals surface area contributed by atoms with Gasteiger partial charge < -0.3 is 29.4 Å². The zero-order chi connectivity index (χ0) is 29.1. The van der Waals surface area contributed by atoms with Crippen LogP contribution in [0.5, 0.6) is 11.5 Å². The topological polar surface area (TPSA) is 81.6 Å². The molecule has 43 heavy (non-hydrogen) atoms. The molecule has 6 aromatic rings. The highest BCUT2D eigenvalue weighted by molar-refractivity contribution is 5.47. The summed E-state index contributed by atoms with van der Waals surface area (Å²) in [6.45, 7) is 1.42. The van der Waals surface area contributed by atoms with E-state index in [0.717, 1.165) is 66.4 Å². The molecule has 4 N–H and O–H groups in total. The third-order valence-corrected chi connectivity index (χ3v) is 8.00. The highest BCUT2D eigenvalue weighted by atomic mass is 16.5. The van der Waals surface area contributed by atoms with Gasteiger partial charge in [0.25, 0.3) is 0 Å². The summed E-state index contributed by atoms with van der Waals surface area (Å²) < 4.78 is 12.7. The fourth-order valence-corrected chi connectivity index (χ4v) is 5.90. The van der Waals surface area contributed by atoms with Gasteiger partial charge >= 0.3 is 0 Å². The van der Waals surface area contributed by atoms with E-state index in [9.17, 15) is 0 Å². The monoisotopic (exact) mass is 572 g/mol. The number of aromatic amines is 4. The van der Waals surface area contributed by atoms with E-state index in [-0.39, 0.29) is 11.8 Å². The Hall–Kier alpha value is -4.84. The lowest BCUT2D eigenvalue weighted by molar-refractivity contribution is 0.290. The molecule has 0 aliphatic rings. The van der Waals surface area contributed by atoms with Crippen LogP contribution >= 0.6 is 0 Å². The molecular formula is C37H40N4O2. The van der Waals surface area contributed by atoms with Gasteiger partial charge in [-0.2, -0.15) is 0 Å². The molecule has 4 aromatic heterocycles. The second kappa shape index (κ2) is 14.4. The first-order valence-electron chi connectivity index (χ1n) is 15.3. The second-order valence-corrected chi connectivity index (χ2v) is 10.9. The second-order valence-electron chi connectivity index (χ2n) is 10.9. The first-order valence-corrected chi connectivity index (χ1v) is 15.3. The fourth-order valence-electron chi connectivity index (χ4n) is 5.90. The number of rotatable bonds is 16. The number of para-hydroxylation sites is 2. The molecule has 6 nitrogen and oxygen atoms in total. The molecular weight excluding hydrogens is 532 g/mol. The van der Waals surface area contributed by atoms with Gasteiger partial charge in [-0.25, -0.2) is 0 Å². The van der Waals surface area contributed by atoms with Crippen LogP contribution in [0.4, 0.5) is 0 Å². The summed E-state index contributed by atoms with van der Waals surface area (Å²) >= 11 is 0. The summed E-state index contributed by atoms with van der Waals surface area (Å²) in [7, 11) is 0. The molecule has 0 radical (unpaired) electrons. The van der Waals surface area contributed by atoms with E-state index >= 15 is 0 Å². The molecule has 0 spiro atoms. The first-order chi connectivity index (χ1) is 21.4. The number of unbranched alkanes of at least 4 members (excludes halogenated alkanes) is 4. The van der Waals surface area contributed by atoms with Crippen LogP contribution in [0.3, 0.4) is 0 Å². The van der Waals surface area contributed by atoms with Crippen molar-refractivity contribution >= 4 is 0 Å². The summed E-state index contributed by atoms with van der Waals surface area (Å²) in [5.74, 6) is 2.04. The van der Waals surface area contributed by atoms with E-state index in [1.165, 1.54) is 11.1 Å². The van der Waals surface area contributed by atoms with Gasteiger partial charge in [0.1, 0.15) is 11.5 Å². The Morgan fingerprint density at radius 3 is 1.09 bits per heavy atom. The Labute approximate surface area is 253 Å². The van der Waals surface area contributed by atoms with Gasteiger partial charge in [0.2, 0.25) is 0 Å². The molecule has 0 unspecified atom stereocenters. The van der Waals surface area contributed by atoms with Gasteiger partial charge in [0.05, 0.1) is 25.0 Å². The summed E-state index contributed by atoms with van der Waals surface area (Å²) in [6.07, 6.45) is 13.4. The molecule has 0 saturated heterocycles. The lowest BCUT2D eigenvalue weighted by atomic mass is 9.92. The van der Waals surface area contributed by atoms with Gasteiger partial charge in [0.15, 0.2) is 0 Å². The number of hydrogen-bond donors (Lipinski definition) is 4. The molecule has 6 rings (SSSR count). The average molecular weight is 573 g/mol. The van der Waals surface area contributed by atoms with Gasteiger partial charge in [-0.15, -0.1) is 0 Å². The number of benzene rings is 2. The minimum Gasteiger partial charge on any atom is -0.493 e. The number of H-pyrrole nitrogens is 4. The van der Waals surface area contributed by atoms with Crippen molar-refractivity contribution in [2.75, 3.05) is 13.2 Å². The van der Waals surface area contributed by atoms with Crippen LogP contribution in [0, 0.1) is 0 Å². The van der Waals surface area contributed by atoms with E-state index < -0.39 is 0 Å². The SMILES string of the molecule is c1c[nH]c(C(c2ccc[nH]2)c2ccccc2OCCCCCCCOc2ccccc2C(c2ccc[nH]2)c2ccc[nH]2)c1. The van der Waals surface area contributed by atoms with E-state index in [0.29, 0.717) is 13.2 Å². The Morgan fingerprint density at radius 1 is 0.395 bits per heavy atom. The normalized spacial score (nSPS) is 11.4. The Morgan fingerprint density at radius 2 is 0.744 bits per heavy atom. The molecule has 0 amide bonds. The summed E-state index contributed by atoms with van der Waals surface area (Å²) in [5, 5.41) is 0. The van der Waals surface area contributed by atoms with Crippen LogP contribution in [0.25, 0.3) is 0 Å². The molecule has 220 valence electrons. The van der Waals surface area contributed by atoms with Crippen molar-refractivity contribution in [3.8, 4) is 11.5 Å². The van der Waals surface area contributed by atoms with Crippen LogP contribution in [-0.2, 0) is 0 Å². The standard InChI is InChI=1S/C37H40N4O2/c1(2-8-26-42-34-20-6-4-14-28(34)36(30-16-10-22-38-30)31-17-11-23-39-31)3-9-27-43-35-21-7-5-15-29(35)37(32-18-12-24-40-32)33-19-13-25-41-33/h4-7,10-25,36-41H,1-3,8-9,26-27H2. The highest BCUT2D eigenvalue weighted by Crippen LogP contribution is 2.37. The number of hydrogen-bond acceptors (Lipinski definition) is 2. The largest absolute Gasteiger partial charge is 0.493 e. The number of nitrogens with one attached hydrogen (secondary N) is 4. The molecule has 0 aliphatic heterocycles. The minimum absolute atomic E-state index is 0.0762. The quantitative estimate of drug-likeness (QED) is 0.0875. The van der Waals surface area contributed by atoms with Crippen LogP contribution in [0.2, 0.25) is 0 Å². The van der Waals surface area contributed by atoms with Gasteiger partial charge in [-0.1, -0.05) is 55.7 Å². The Kier molecular flexibility index (Phi) is 9.45. The van der Waals surface area contributed by atoms with Crippen molar-refractivity contribution in [2.45, 2.75) is 43.9 Å². The zero-order valence-corrected chi connectivity index (χ0v) is 24.5. The number of aromatic nitrogens is 4. The third-order valence-electron chi connectivity index (χ3n) is 8.00. The van der Waals surface area contributed by atoms with Crippen molar-refractivity contribution in [2.24, 2.45) is 0 Å². The third kappa shape index (κ3) is 6.97. The van der Waals surface area contributed by atoms with Crippen LogP contribution in [-0.4, -0.2) is 33.1 Å². The minimum atomic E-state index is 0.0762. The van der Waals surface area contributed by atoms with Crippen LogP contribution < -0.4 is 9.47 Å². The molecule has 2 aromatic carbocycles. The smallest absolute Gasteiger partial charge is 0.123 e. The van der Waals surface area contributed by atoms with E-state index in [1.54, 1.807) is 0 Å². The van der Waals surface area contributed by atoms with Crippen LogP contribution in [0.15, 0.2) is 122 Å². The Bertz CT molecular complexity index is 1410. The highest BCUT2D eigenvalue weighted by Gasteiger charge is 2.23. The van der Waals surface area contributed by atoms with Gasteiger partial charge in [-0.05, 0) is 73.5 Å². The van der Waals surface area contributed by atoms with Crippen molar-refractivity contribution < 1.29 is 9.47 Å². The molecule has 0 saturated carbocycles. The average Bonchev–Trinajstić information content (AvgIpc) is 3.88. The molecule has 6 heteroatoms. The summed E-state index contributed by atoms with van der Waals surface area (Å²) in [6, 6.07) is 33.5. The molecule has 0 atom stereocenters. The predicted molar refractivity (Wildman–Crippen MR) is 172 cm³/mol. The van der Waals surface area contributed by atoms with E-state index in [4.69, 9.17) is 9.47 Å². The van der Waals surface area contributed by atoms with Gasteiger partial charge in [0, 0.05) is 58.7 Å². The van der Waals surface area contributed by atoms with Gasteiger partial charge in [-0.3, -0.25) is 0 Å². The van der Waals surface area contributed by atoms with E-state index in [1.807, 2.05) is 49.1 Å². The maximum atomic E-state index is 6.34. The van der Waals surface area contributed by atoms with Crippen LogP contribution in [0.1, 0.15) is 77.8 Å². The molecule has 4 heterocycles. The maximum absolute atomic E-state index is 6.34. The van der Waals surface area contributed by atoms with Crippen molar-refractivity contribution in [1.29, 1.82) is 0 Å². The maximum Gasteiger partial charge on any atom is 0.123 e. The van der Waals surface area contributed by atoms with Crippen molar-refractivity contribution in [1.82, 2.24) is 19.9 Å².